The van der Waals surface area contributed by atoms with Crippen molar-refractivity contribution in [1.82, 2.24) is 10.3 Å². The SMILES string of the molecule is CC1(C)OCC(NCCc2cscn2)CO1. The van der Waals surface area contributed by atoms with Gasteiger partial charge in [0.25, 0.3) is 0 Å². The molecule has 1 aliphatic rings. The van der Waals surface area contributed by atoms with Crippen molar-refractivity contribution >= 4 is 11.3 Å². The lowest BCUT2D eigenvalue weighted by molar-refractivity contribution is -0.252. The van der Waals surface area contributed by atoms with Gasteiger partial charge in [-0.2, -0.15) is 0 Å². The Balaban J connectivity index is 1.64. The van der Waals surface area contributed by atoms with Crippen LogP contribution in [0.2, 0.25) is 0 Å². The number of hydrogen-bond acceptors (Lipinski definition) is 5. The van der Waals surface area contributed by atoms with E-state index in [0.29, 0.717) is 19.3 Å². The number of aromatic nitrogens is 1. The molecule has 0 saturated carbocycles. The van der Waals surface area contributed by atoms with Crippen molar-refractivity contribution < 1.29 is 9.47 Å². The van der Waals surface area contributed by atoms with Crippen LogP contribution in [0.4, 0.5) is 0 Å². The molecule has 4 nitrogen and oxygen atoms in total. The van der Waals surface area contributed by atoms with Crippen LogP contribution in [0.5, 0.6) is 0 Å². The van der Waals surface area contributed by atoms with E-state index in [2.05, 4.69) is 15.7 Å². The van der Waals surface area contributed by atoms with E-state index in [1.54, 1.807) is 11.3 Å². The van der Waals surface area contributed by atoms with Crippen molar-refractivity contribution in [3.63, 3.8) is 0 Å². The van der Waals surface area contributed by atoms with Crippen LogP contribution >= 0.6 is 11.3 Å². The van der Waals surface area contributed by atoms with Gasteiger partial charge in [-0.15, -0.1) is 11.3 Å². The molecule has 1 aliphatic heterocycles. The lowest BCUT2D eigenvalue weighted by Gasteiger charge is -2.35. The van der Waals surface area contributed by atoms with Crippen LogP contribution in [0.25, 0.3) is 0 Å². The van der Waals surface area contributed by atoms with Gasteiger partial charge in [0.2, 0.25) is 0 Å². The summed E-state index contributed by atoms with van der Waals surface area (Å²) in [6.07, 6.45) is 0.962. The molecule has 2 heterocycles. The normalized spacial score (nSPS) is 21.1. The van der Waals surface area contributed by atoms with Crippen molar-refractivity contribution in [2.45, 2.75) is 32.1 Å². The second kappa shape index (κ2) is 5.23. The second-order valence-electron chi connectivity index (χ2n) is 4.40. The van der Waals surface area contributed by atoms with Crippen LogP contribution in [-0.4, -0.2) is 36.6 Å². The average Bonchev–Trinajstić information content (AvgIpc) is 2.73. The third kappa shape index (κ3) is 3.52. The molecule has 0 bridgehead atoms. The predicted octanol–water partition coefficient (Wildman–Crippen LogP) is 1.43. The van der Waals surface area contributed by atoms with Crippen LogP contribution in [-0.2, 0) is 15.9 Å². The molecule has 2 rings (SSSR count). The number of nitrogens with one attached hydrogen (secondary N) is 1. The molecule has 0 unspecified atom stereocenters. The Morgan fingerprint density at radius 3 is 2.88 bits per heavy atom. The van der Waals surface area contributed by atoms with Gasteiger partial charge < -0.3 is 14.8 Å². The van der Waals surface area contributed by atoms with Crippen molar-refractivity contribution in [2.75, 3.05) is 19.8 Å². The number of rotatable bonds is 4. The molecule has 1 aromatic rings. The second-order valence-corrected chi connectivity index (χ2v) is 5.12. The molecule has 0 aliphatic carbocycles. The molecule has 16 heavy (non-hydrogen) atoms. The highest BCUT2D eigenvalue weighted by Crippen LogP contribution is 2.16. The number of nitrogens with zero attached hydrogens (tertiary/aromatic N) is 1. The third-order valence-electron chi connectivity index (χ3n) is 2.56. The van der Waals surface area contributed by atoms with E-state index in [0.717, 1.165) is 18.7 Å². The fourth-order valence-electron chi connectivity index (χ4n) is 1.58. The Bertz CT molecular complexity index is 304. The van der Waals surface area contributed by atoms with E-state index >= 15 is 0 Å². The summed E-state index contributed by atoms with van der Waals surface area (Å²) in [6.45, 7) is 6.23. The maximum Gasteiger partial charge on any atom is 0.162 e. The fourth-order valence-corrected chi connectivity index (χ4v) is 2.17. The molecular formula is C11H18N2O2S. The van der Waals surface area contributed by atoms with Gasteiger partial charge in [0.15, 0.2) is 5.79 Å². The van der Waals surface area contributed by atoms with Gasteiger partial charge in [0.1, 0.15) is 0 Å². The Hall–Kier alpha value is -0.490. The van der Waals surface area contributed by atoms with Crippen LogP contribution in [0.15, 0.2) is 10.9 Å². The molecule has 90 valence electrons. The van der Waals surface area contributed by atoms with Gasteiger partial charge in [-0.1, -0.05) is 0 Å². The smallest absolute Gasteiger partial charge is 0.162 e. The summed E-state index contributed by atoms with van der Waals surface area (Å²) in [5.41, 5.74) is 3.01. The van der Waals surface area contributed by atoms with Crippen LogP contribution in [0.3, 0.4) is 0 Å². The molecule has 0 amide bonds. The minimum Gasteiger partial charge on any atom is -0.349 e. The molecule has 0 atom stereocenters. The summed E-state index contributed by atoms with van der Waals surface area (Å²) in [5, 5.41) is 5.49. The van der Waals surface area contributed by atoms with Crippen LogP contribution in [0, 0.1) is 0 Å². The minimum absolute atomic E-state index is 0.298. The highest BCUT2D eigenvalue weighted by Gasteiger charge is 2.27. The lowest BCUT2D eigenvalue weighted by Crippen LogP contribution is -2.48. The average molecular weight is 242 g/mol. The molecule has 0 spiro atoms. The van der Waals surface area contributed by atoms with E-state index in [1.165, 1.54) is 0 Å². The first kappa shape index (κ1) is 12.0. The van der Waals surface area contributed by atoms with Gasteiger partial charge in [-0.05, 0) is 13.8 Å². The van der Waals surface area contributed by atoms with Gasteiger partial charge in [-0.3, -0.25) is 0 Å². The van der Waals surface area contributed by atoms with Gasteiger partial charge in [0, 0.05) is 18.3 Å². The quantitative estimate of drug-likeness (QED) is 0.867. The van der Waals surface area contributed by atoms with Gasteiger partial charge in [0.05, 0.1) is 30.5 Å². The van der Waals surface area contributed by atoms with E-state index in [9.17, 15) is 0 Å². The molecule has 5 heteroatoms. The number of thiazole rings is 1. The molecular weight excluding hydrogens is 224 g/mol. The predicted molar refractivity (Wildman–Crippen MR) is 63.6 cm³/mol. The first-order chi connectivity index (χ1) is 7.66. The van der Waals surface area contributed by atoms with Crippen molar-refractivity contribution in [3.05, 3.63) is 16.6 Å². The van der Waals surface area contributed by atoms with Crippen LogP contribution in [0.1, 0.15) is 19.5 Å². The maximum absolute atomic E-state index is 5.57. The first-order valence-corrected chi connectivity index (χ1v) is 6.48. The zero-order valence-corrected chi connectivity index (χ0v) is 10.5. The van der Waals surface area contributed by atoms with Crippen LogP contribution < -0.4 is 5.32 Å². The largest absolute Gasteiger partial charge is 0.349 e. The Kier molecular flexibility index (Phi) is 3.91. The van der Waals surface area contributed by atoms with E-state index in [-0.39, 0.29) is 0 Å². The van der Waals surface area contributed by atoms with E-state index in [1.807, 2.05) is 19.4 Å². The summed E-state index contributed by atoms with van der Waals surface area (Å²) in [7, 11) is 0. The standard InChI is InChI=1S/C11H18N2O2S/c1-11(2)14-5-10(6-15-11)12-4-3-9-7-16-8-13-9/h7-8,10,12H,3-6H2,1-2H3. The summed E-state index contributed by atoms with van der Waals surface area (Å²) in [5.74, 6) is -0.424. The Morgan fingerprint density at radius 1 is 1.50 bits per heavy atom. The molecule has 1 aromatic heterocycles. The summed E-state index contributed by atoms with van der Waals surface area (Å²) < 4.78 is 11.1. The zero-order chi connectivity index (χ0) is 11.4. The van der Waals surface area contributed by atoms with Crippen molar-refractivity contribution in [1.29, 1.82) is 0 Å². The summed E-state index contributed by atoms with van der Waals surface area (Å²) in [4.78, 5) is 4.24. The van der Waals surface area contributed by atoms with Crippen molar-refractivity contribution in [3.8, 4) is 0 Å². The number of ether oxygens (including phenoxy) is 2. The third-order valence-corrected chi connectivity index (χ3v) is 3.20. The summed E-state index contributed by atoms with van der Waals surface area (Å²) in [6, 6.07) is 0.298. The minimum atomic E-state index is -0.424. The number of hydrogen-bond donors (Lipinski definition) is 1. The van der Waals surface area contributed by atoms with Gasteiger partial charge in [-0.25, -0.2) is 4.98 Å². The molecule has 1 N–H and O–H groups in total. The zero-order valence-electron chi connectivity index (χ0n) is 9.73. The first-order valence-electron chi connectivity index (χ1n) is 5.54. The molecule has 0 radical (unpaired) electrons. The van der Waals surface area contributed by atoms with E-state index < -0.39 is 5.79 Å². The summed E-state index contributed by atoms with van der Waals surface area (Å²) >= 11 is 1.64. The Morgan fingerprint density at radius 2 is 2.25 bits per heavy atom. The monoisotopic (exact) mass is 242 g/mol. The molecule has 1 fully saturated rings. The Labute approximate surface area is 100.0 Å². The maximum atomic E-state index is 5.57. The topological polar surface area (TPSA) is 43.4 Å². The molecule has 1 saturated heterocycles. The van der Waals surface area contributed by atoms with E-state index in [4.69, 9.17) is 9.47 Å². The highest BCUT2D eigenvalue weighted by molar-refractivity contribution is 7.07. The fraction of sp³-hybridized carbons (Fsp3) is 0.727. The highest BCUT2D eigenvalue weighted by atomic mass is 32.1. The van der Waals surface area contributed by atoms with Crippen molar-refractivity contribution in [2.24, 2.45) is 0 Å². The lowest BCUT2D eigenvalue weighted by atomic mass is 10.2. The van der Waals surface area contributed by atoms with Gasteiger partial charge >= 0.3 is 0 Å². The molecule has 0 aromatic carbocycles.